The molecule has 0 fully saturated rings. The van der Waals surface area contributed by atoms with Gasteiger partial charge in [-0.25, -0.2) is 0 Å². The van der Waals surface area contributed by atoms with Crippen LogP contribution in [0.25, 0.3) is 11.1 Å². The summed E-state index contributed by atoms with van der Waals surface area (Å²) in [5, 5.41) is 13.4. The van der Waals surface area contributed by atoms with Crippen LogP contribution in [0.4, 0.5) is 0 Å². The topological polar surface area (TPSA) is 41.5 Å². The van der Waals surface area contributed by atoms with Gasteiger partial charge in [-0.1, -0.05) is 32.0 Å². The first-order chi connectivity index (χ1) is 12.6. The highest BCUT2D eigenvalue weighted by molar-refractivity contribution is 6.18. The van der Waals surface area contributed by atoms with Gasteiger partial charge in [-0.15, -0.1) is 11.6 Å². The van der Waals surface area contributed by atoms with Crippen molar-refractivity contribution in [2.75, 3.05) is 19.5 Å². The summed E-state index contributed by atoms with van der Waals surface area (Å²) in [6.45, 7) is 5.67. The van der Waals surface area contributed by atoms with E-state index in [0.717, 1.165) is 29.7 Å². The second-order valence-corrected chi connectivity index (χ2v) is 6.48. The highest BCUT2D eigenvalue weighted by Gasteiger charge is 2.11. The molecule has 0 aliphatic rings. The van der Waals surface area contributed by atoms with Crippen molar-refractivity contribution in [3.8, 4) is 11.5 Å². The molecule has 2 rings (SSSR count). The van der Waals surface area contributed by atoms with Crippen molar-refractivity contribution in [1.82, 2.24) is 5.32 Å². The molecule has 3 nitrogen and oxygen atoms in total. The van der Waals surface area contributed by atoms with Crippen LogP contribution in [-0.2, 0) is 6.54 Å². The molecule has 0 spiro atoms. The summed E-state index contributed by atoms with van der Waals surface area (Å²) in [5.41, 5.74) is 5.88. The van der Waals surface area contributed by atoms with E-state index in [9.17, 15) is 5.11 Å². The van der Waals surface area contributed by atoms with Gasteiger partial charge in [-0.2, -0.15) is 0 Å². The van der Waals surface area contributed by atoms with Crippen LogP contribution in [0.2, 0.25) is 0 Å². The van der Waals surface area contributed by atoms with E-state index in [4.69, 9.17) is 16.3 Å². The summed E-state index contributed by atoms with van der Waals surface area (Å²) in [6.07, 6.45) is 1.87. The number of hydrogen-bond acceptors (Lipinski definition) is 3. The minimum atomic E-state index is 0.314. The van der Waals surface area contributed by atoms with Crippen molar-refractivity contribution in [3.05, 3.63) is 59.2 Å². The predicted molar refractivity (Wildman–Crippen MR) is 111 cm³/mol. The zero-order valence-electron chi connectivity index (χ0n) is 15.8. The van der Waals surface area contributed by atoms with Gasteiger partial charge in [-0.05, 0) is 59.4 Å². The lowest BCUT2D eigenvalue weighted by atomic mass is 9.90. The quantitative estimate of drug-likeness (QED) is 0.348. The van der Waals surface area contributed by atoms with Crippen LogP contribution in [0.1, 0.15) is 43.4 Å². The Morgan fingerprint density at radius 1 is 1.00 bits per heavy atom. The zero-order chi connectivity index (χ0) is 18.9. The van der Waals surface area contributed by atoms with E-state index in [1.807, 2.05) is 18.2 Å². The summed E-state index contributed by atoms with van der Waals surface area (Å²) in [5.74, 6) is 1.73. The molecular weight excluding hydrogens is 346 g/mol. The third-order valence-corrected chi connectivity index (χ3v) is 4.71. The second kappa shape index (κ2) is 10.2. The maximum atomic E-state index is 10.2. The van der Waals surface area contributed by atoms with Crippen LogP contribution in [0, 0.1) is 0 Å². The molecule has 0 aromatic heterocycles. The third-order valence-electron chi connectivity index (χ3n) is 4.52. The smallest absolute Gasteiger partial charge is 0.120 e. The first-order valence-electron chi connectivity index (χ1n) is 9.09. The second-order valence-electron chi connectivity index (χ2n) is 6.10. The largest absolute Gasteiger partial charge is 0.508 e. The predicted octanol–water partition coefficient (Wildman–Crippen LogP) is 5.46. The van der Waals surface area contributed by atoms with Gasteiger partial charge in [0.2, 0.25) is 0 Å². The molecule has 4 heteroatoms. The Bertz CT molecular complexity index is 738. The number of phenols is 1. The number of rotatable bonds is 9. The van der Waals surface area contributed by atoms with Crippen LogP contribution in [0.15, 0.2) is 42.5 Å². The Morgan fingerprint density at radius 2 is 1.62 bits per heavy atom. The zero-order valence-corrected chi connectivity index (χ0v) is 16.6. The average molecular weight is 374 g/mol. The molecule has 0 unspecified atom stereocenters. The lowest BCUT2D eigenvalue weighted by molar-refractivity contribution is 0.415. The molecule has 0 saturated heterocycles. The van der Waals surface area contributed by atoms with Crippen LogP contribution in [0.5, 0.6) is 11.5 Å². The van der Waals surface area contributed by atoms with Gasteiger partial charge in [0.1, 0.15) is 11.5 Å². The number of hydrogen-bond donors (Lipinski definition) is 2. The molecule has 26 heavy (non-hydrogen) atoms. The van der Waals surface area contributed by atoms with Gasteiger partial charge in [0, 0.05) is 24.5 Å². The molecule has 0 bridgehead atoms. The standard InChI is InChI=1S/C22H28ClNO2/c1-4-20(16-6-9-19(26-3)10-7-16)21(5-2)17-8-11-22(25)18(14-17)15-24-13-12-23/h6-11,14,24-25H,4-5,12-13,15H2,1-3H3/b21-20-. The van der Waals surface area contributed by atoms with Gasteiger partial charge in [0.25, 0.3) is 0 Å². The Kier molecular flexibility index (Phi) is 8.02. The van der Waals surface area contributed by atoms with Crippen molar-refractivity contribution in [3.63, 3.8) is 0 Å². The number of alkyl halides is 1. The number of halogens is 1. The highest BCUT2D eigenvalue weighted by Crippen LogP contribution is 2.33. The number of methoxy groups -OCH3 is 1. The normalized spacial score (nSPS) is 12.0. The van der Waals surface area contributed by atoms with Gasteiger partial charge >= 0.3 is 0 Å². The molecule has 140 valence electrons. The first-order valence-corrected chi connectivity index (χ1v) is 9.63. The fourth-order valence-electron chi connectivity index (χ4n) is 3.18. The molecule has 0 amide bonds. The van der Waals surface area contributed by atoms with Crippen LogP contribution in [-0.4, -0.2) is 24.6 Å². The number of phenolic OH excluding ortho intramolecular Hbond substituents is 1. The molecule has 0 radical (unpaired) electrons. The Balaban J connectivity index is 2.42. The average Bonchev–Trinajstić information content (AvgIpc) is 2.68. The molecule has 2 N–H and O–H groups in total. The number of ether oxygens (including phenoxy) is 1. The minimum Gasteiger partial charge on any atom is -0.508 e. The van der Waals surface area contributed by atoms with Crippen molar-refractivity contribution < 1.29 is 9.84 Å². The maximum Gasteiger partial charge on any atom is 0.120 e. The molecule has 2 aromatic rings. The molecule has 0 aliphatic carbocycles. The maximum absolute atomic E-state index is 10.2. The molecule has 0 heterocycles. The number of allylic oxidation sites excluding steroid dienone is 2. The summed E-state index contributed by atoms with van der Waals surface area (Å²) >= 11 is 5.72. The Morgan fingerprint density at radius 3 is 2.19 bits per heavy atom. The van der Waals surface area contributed by atoms with Gasteiger partial charge in [0.05, 0.1) is 7.11 Å². The van der Waals surface area contributed by atoms with Crippen molar-refractivity contribution in [2.24, 2.45) is 0 Å². The molecule has 2 aromatic carbocycles. The summed E-state index contributed by atoms with van der Waals surface area (Å²) in [7, 11) is 1.68. The third kappa shape index (κ3) is 5.03. The van der Waals surface area contributed by atoms with Crippen molar-refractivity contribution in [1.29, 1.82) is 0 Å². The van der Waals surface area contributed by atoms with Gasteiger partial charge in [-0.3, -0.25) is 0 Å². The molecule has 0 atom stereocenters. The number of nitrogens with one attached hydrogen (secondary N) is 1. The molecular formula is C22H28ClNO2. The monoisotopic (exact) mass is 373 g/mol. The van der Waals surface area contributed by atoms with E-state index in [1.165, 1.54) is 16.7 Å². The summed E-state index contributed by atoms with van der Waals surface area (Å²) in [4.78, 5) is 0. The summed E-state index contributed by atoms with van der Waals surface area (Å²) in [6, 6.07) is 14.1. The van der Waals surface area contributed by atoms with Crippen molar-refractivity contribution >= 4 is 22.7 Å². The highest BCUT2D eigenvalue weighted by atomic mass is 35.5. The van der Waals surface area contributed by atoms with E-state index >= 15 is 0 Å². The Labute approximate surface area is 161 Å². The molecule has 0 saturated carbocycles. The van der Waals surface area contributed by atoms with Crippen molar-refractivity contribution in [2.45, 2.75) is 33.2 Å². The van der Waals surface area contributed by atoms with E-state index in [2.05, 4.69) is 37.4 Å². The van der Waals surface area contributed by atoms with Crippen LogP contribution in [0.3, 0.4) is 0 Å². The van der Waals surface area contributed by atoms with E-state index in [1.54, 1.807) is 13.2 Å². The van der Waals surface area contributed by atoms with E-state index in [0.29, 0.717) is 24.7 Å². The number of aromatic hydroxyl groups is 1. The van der Waals surface area contributed by atoms with E-state index < -0.39 is 0 Å². The lowest BCUT2D eigenvalue weighted by Gasteiger charge is -2.16. The van der Waals surface area contributed by atoms with Gasteiger partial charge < -0.3 is 15.2 Å². The minimum absolute atomic E-state index is 0.314. The summed E-state index contributed by atoms with van der Waals surface area (Å²) < 4.78 is 5.27. The molecule has 0 aliphatic heterocycles. The fraction of sp³-hybridized carbons (Fsp3) is 0.364. The SMILES string of the molecule is CC/C(=C(\CC)c1ccc(O)c(CNCCCl)c1)c1ccc(OC)cc1. The number of benzene rings is 2. The van der Waals surface area contributed by atoms with Crippen LogP contribution >= 0.6 is 11.6 Å². The lowest BCUT2D eigenvalue weighted by Crippen LogP contribution is -2.15. The first kappa shape index (κ1) is 20.3. The fourth-order valence-corrected chi connectivity index (χ4v) is 3.31. The Hall–Kier alpha value is -1.97. The van der Waals surface area contributed by atoms with Gasteiger partial charge in [0.15, 0.2) is 0 Å². The van der Waals surface area contributed by atoms with Crippen LogP contribution < -0.4 is 10.1 Å². The van der Waals surface area contributed by atoms with E-state index in [-0.39, 0.29) is 0 Å².